The molecule has 1 amide bonds. The average Bonchev–Trinajstić information content (AvgIpc) is 3.09. The number of hydrogen-bond acceptors (Lipinski definition) is 4. The molecule has 2 aromatic heterocycles. The van der Waals surface area contributed by atoms with Crippen LogP contribution in [-0.2, 0) is 0 Å². The van der Waals surface area contributed by atoms with Crippen molar-refractivity contribution in [1.82, 2.24) is 20.0 Å². The number of carbonyl (C=O) groups is 1. The van der Waals surface area contributed by atoms with Gasteiger partial charge in [-0.2, -0.15) is 4.68 Å². The number of rotatable bonds is 3. The van der Waals surface area contributed by atoms with E-state index in [1.807, 2.05) is 56.3 Å². The summed E-state index contributed by atoms with van der Waals surface area (Å²) in [6.07, 6.45) is 1.70. The highest BCUT2D eigenvalue weighted by atomic mass is 16.1. The molecule has 0 atom stereocenters. The van der Waals surface area contributed by atoms with E-state index in [0.717, 1.165) is 28.0 Å². The molecule has 26 heavy (non-hydrogen) atoms. The van der Waals surface area contributed by atoms with E-state index >= 15 is 0 Å². The van der Waals surface area contributed by atoms with Crippen molar-refractivity contribution in [1.29, 1.82) is 0 Å². The molecule has 2 aromatic carbocycles. The molecule has 0 aliphatic rings. The van der Waals surface area contributed by atoms with Gasteiger partial charge in [-0.3, -0.25) is 4.79 Å². The molecule has 4 aromatic rings. The van der Waals surface area contributed by atoms with Gasteiger partial charge in [0.05, 0.1) is 5.69 Å². The van der Waals surface area contributed by atoms with Gasteiger partial charge in [-0.15, -0.1) is 5.10 Å². The lowest BCUT2D eigenvalue weighted by molar-refractivity contribution is 0.102. The second-order valence-corrected chi connectivity index (χ2v) is 6.17. The zero-order valence-corrected chi connectivity index (χ0v) is 14.5. The number of fused-ring (bicyclic) bond motifs is 1. The highest BCUT2D eigenvalue weighted by Crippen LogP contribution is 2.19. The molecule has 0 unspecified atom stereocenters. The first-order valence-electron chi connectivity index (χ1n) is 8.27. The molecular weight excluding hydrogens is 326 g/mol. The molecule has 0 saturated carbocycles. The molecular formula is C20H17N5O. The number of aromatic nitrogens is 4. The summed E-state index contributed by atoms with van der Waals surface area (Å²) in [5.41, 5.74) is 5.74. The minimum Gasteiger partial charge on any atom is -0.322 e. The van der Waals surface area contributed by atoms with Crippen LogP contribution in [0, 0.1) is 13.8 Å². The van der Waals surface area contributed by atoms with Gasteiger partial charge in [-0.05, 0) is 67.4 Å². The molecule has 4 rings (SSSR count). The molecule has 6 nitrogen and oxygen atoms in total. The van der Waals surface area contributed by atoms with E-state index in [9.17, 15) is 4.79 Å². The van der Waals surface area contributed by atoms with Gasteiger partial charge in [-0.25, -0.2) is 4.98 Å². The van der Waals surface area contributed by atoms with Gasteiger partial charge < -0.3 is 5.32 Å². The fourth-order valence-corrected chi connectivity index (χ4v) is 2.76. The third kappa shape index (κ3) is 2.93. The summed E-state index contributed by atoms with van der Waals surface area (Å²) in [7, 11) is 0. The van der Waals surface area contributed by atoms with Crippen molar-refractivity contribution in [2.45, 2.75) is 13.8 Å². The Labute approximate surface area is 150 Å². The third-order valence-corrected chi connectivity index (χ3v) is 4.22. The van der Waals surface area contributed by atoms with Crippen LogP contribution in [0.1, 0.15) is 21.5 Å². The van der Waals surface area contributed by atoms with Crippen molar-refractivity contribution >= 4 is 22.8 Å². The Morgan fingerprint density at radius 3 is 2.65 bits per heavy atom. The highest BCUT2D eigenvalue weighted by molar-refractivity contribution is 6.04. The van der Waals surface area contributed by atoms with Crippen LogP contribution in [0.3, 0.4) is 0 Å². The topological polar surface area (TPSA) is 72.7 Å². The maximum atomic E-state index is 12.5. The molecule has 0 saturated heterocycles. The molecule has 0 aliphatic heterocycles. The number of nitrogens with zero attached hydrogens (tertiary/aromatic N) is 4. The summed E-state index contributed by atoms with van der Waals surface area (Å²) in [4.78, 5) is 16.8. The summed E-state index contributed by atoms with van der Waals surface area (Å²) >= 11 is 0. The minimum atomic E-state index is -0.146. The lowest BCUT2D eigenvalue weighted by Crippen LogP contribution is -2.13. The molecule has 0 radical (unpaired) electrons. The van der Waals surface area contributed by atoms with Crippen molar-refractivity contribution in [3.05, 3.63) is 77.5 Å². The van der Waals surface area contributed by atoms with Crippen LogP contribution in [0.25, 0.3) is 16.9 Å². The predicted molar refractivity (Wildman–Crippen MR) is 101 cm³/mol. The summed E-state index contributed by atoms with van der Waals surface area (Å²) in [5, 5.41) is 11.2. The third-order valence-electron chi connectivity index (χ3n) is 4.22. The molecule has 6 heteroatoms. The van der Waals surface area contributed by atoms with Gasteiger partial charge >= 0.3 is 0 Å². The zero-order chi connectivity index (χ0) is 18.1. The standard InChI is InChI=1S/C20H17N5O/c1-13-5-6-14(2)18(12-13)22-20(26)15-7-9-16(10-8-15)25-19-17(23-24-25)4-3-11-21-19/h3-12H,1-2H3,(H,22,26). The van der Waals surface area contributed by atoms with Crippen LogP contribution in [-0.4, -0.2) is 25.9 Å². The molecule has 0 bridgehead atoms. The smallest absolute Gasteiger partial charge is 0.255 e. The summed E-state index contributed by atoms with van der Waals surface area (Å²) < 4.78 is 1.65. The SMILES string of the molecule is Cc1ccc(C)c(NC(=O)c2ccc(-n3nnc4cccnc43)cc2)c1. The van der Waals surface area contributed by atoms with Crippen molar-refractivity contribution in [3.8, 4) is 5.69 Å². The number of carbonyl (C=O) groups excluding carboxylic acids is 1. The van der Waals surface area contributed by atoms with Crippen molar-refractivity contribution < 1.29 is 4.79 Å². The molecule has 0 spiro atoms. The zero-order valence-electron chi connectivity index (χ0n) is 14.5. The maximum Gasteiger partial charge on any atom is 0.255 e. The van der Waals surface area contributed by atoms with E-state index in [1.54, 1.807) is 23.0 Å². The second kappa shape index (κ2) is 6.40. The van der Waals surface area contributed by atoms with Crippen LogP contribution >= 0.6 is 0 Å². The van der Waals surface area contributed by atoms with E-state index in [-0.39, 0.29) is 5.91 Å². The van der Waals surface area contributed by atoms with Crippen molar-refractivity contribution in [2.75, 3.05) is 5.32 Å². The first-order chi connectivity index (χ1) is 12.6. The Hall–Kier alpha value is -3.54. The summed E-state index contributed by atoms with van der Waals surface area (Å²) in [5.74, 6) is -0.146. The first kappa shape index (κ1) is 16.0. The van der Waals surface area contributed by atoms with Gasteiger partial charge in [0.15, 0.2) is 5.65 Å². The second-order valence-electron chi connectivity index (χ2n) is 6.17. The quantitative estimate of drug-likeness (QED) is 0.616. The lowest BCUT2D eigenvalue weighted by Gasteiger charge is -2.10. The maximum absolute atomic E-state index is 12.5. The van der Waals surface area contributed by atoms with Gasteiger partial charge in [0.1, 0.15) is 5.52 Å². The van der Waals surface area contributed by atoms with Gasteiger partial charge in [0.25, 0.3) is 5.91 Å². The number of aryl methyl sites for hydroxylation is 2. The Morgan fingerprint density at radius 1 is 1.04 bits per heavy atom. The Bertz CT molecular complexity index is 1100. The number of hydrogen-bond donors (Lipinski definition) is 1. The number of pyridine rings is 1. The summed E-state index contributed by atoms with van der Waals surface area (Å²) in [6, 6.07) is 16.9. The van der Waals surface area contributed by atoms with Crippen LogP contribution in [0.2, 0.25) is 0 Å². The molecule has 0 aliphatic carbocycles. The van der Waals surface area contributed by atoms with E-state index in [2.05, 4.69) is 20.6 Å². The molecule has 1 N–H and O–H groups in total. The van der Waals surface area contributed by atoms with E-state index in [4.69, 9.17) is 0 Å². The lowest BCUT2D eigenvalue weighted by atomic mass is 10.1. The molecule has 0 fully saturated rings. The molecule has 128 valence electrons. The van der Waals surface area contributed by atoms with Gasteiger partial charge in [0.2, 0.25) is 0 Å². The average molecular weight is 343 g/mol. The number of anilines is 1. The summed E-state index contributed by atoms with van der Waals surface area (Å²) in [6.45, 7) is 3.97. The number of amides is 1. The van der Waals surface area contributed by atoms with Crippen molar-refractivity contribution in [3.63, 3.8) is 0 Å². The van der Waals surface area contributed by atoms with Crippen LogP contribution in [0.4, 0.5) is 5.69 Å². The monoisotopic (exact) mass is 343 g/mol. The van der Waals surface area contributed by atoms with E-state index < -0.39 is 0 Å². The number of nitrogens with one attached hydrogen (secondary N) is 1. The largest absolute Gasteiger partial charge is 0.322 e. The van der Waals surface area contributed by atoms with Crippen molar-refractivity contribution in [2.24, 2.45) is 0 Å². The minimum absolute atomic E-state index is 0.146. The van der Waals surface area contributed by atoms with E-state index in [1.165, 1.54) is 0 Å². The Balaban J connectivity index is 1.59. The predicted octanol–water partition coefficient (Wildman–Crippen LogP) is 3.68. The van der Waals surface area contributed by atoms with Crippen LogP contribution < -0.4 is 5.32 Å². The molecule has 2 heterocycles. The van der Waals surface area contributed by atoms with Gasteiger partial charge in [-0.1, -0.05) is 17.3 Å². The first-order valence-corrected chi connectivity index (χ1v) is 8.27. The normalized spacial score (nSPS) is 10.8. The Morgan fingerprint density at radius 2 is 1.85 bits per heavy atom. The number of benzene rings is 2. The Kier molecular flexibility index (Phi) is 3.93. The fourth-order valence-electron chi connectivity index (χ4n) is 2.76. The van der Waals surface area contributed by atoms with Crippen LogP contribution in [0.5, 0.6) is 0 Å². The van der Waals surface area contributed by atoms with E-state index in [0.29, 0.717) is 11.2 Å². The fraction of sp³-hybridized carbons (Fsp3) is 0.100. The van der Waals surface area contributed by atoms with Gasteiger partial charge in [0, 0.05) is 17.4 Å². The highest BCUT2D eigenvalue weighted by Gasteiger charge is 2.10. The van der Waals surface area contributed by atoms with Crippen LogP contribution in [0.15, 0.2) is 60.8 Å².